The summed E-state index contributed by atoms with van der Waals surface area (Å²) in [6.45, 7) is 5.87. The van der Waals surface area contributed by atoms with Gasteiger partial charge >= 0.3 is 5.97 Å². The predicted octanol–water partition coefficient (Wildman–Crippen LogP) is 3.28. The summed E-state index contributed by atoms with van der Waals surface area (Å²) in [6.07, 6.45) is 11.0. The van der Waals surface area contributed by atoms with E-state index in [1.807, 2.05) is 0 Å². The highest BCUT2D eigenvalue weighted by atomic mass is 16.4. The molecule has 0 aromatic heterocycles. The highest BCUT2D eigenvalue weighted by molar-refractivity contribution is 5.96. The number of amides is 6. The predicted molar refractivity (Wildman–Crippen MR) is 231 cm³/mol. The number of rotatable bonds is 21. The summed E-state index contributed by atoms with van der Waals surface area (Å²) in [7, 11) is 2.69. The summed E-state index contributed by atoms with van der Waals surface area (Å²) in [5.74, 6) is -5.46. The zero-order valence-electron chi connectivity index (χ0n) is 36.9. The second-order valence-corrected chi connectivity index (χ2v) is 16.4. The lowest BCUT2D eigenvalue weighted by molar-refractivity contribution is -0.143. The van der Waals surface area contributed by atoms with E-state index in [0.29, 0.717) is 12.0 Å². The van der Waals surface area contributed by atoms with E-state index in [-0.39, 0.29) is 46.9 Å². The number of hydrogen-bond acceptors (Lipinski definition) is 10. The van der Waals surface area contributed by atoms with Crippen LogP contribution in [0.2, 0.25) is 0 Å². The third-order valence-electron chi connectivity index (χ3n) is 11.6. The maximum Gasteiger partial charge on any atom is 0.326 e. The van der Waals surface area contributed by atoms with Gasteiger partial charge in [-0.3, -0.25) is 28.8 Å². The van der Waals surface area contributed by atoms with Crippen LogP contribution in [0.4, 0.5) is 0 Å². The van der Waals surface area contributed by atoms with Crippen molar-refractivity contribution in [1.29, 1.82) is 0 Å². The second-order valence-electron chi connectivity index (χ2n) is 16.4. The molecule has 6 atom stereocenters. The van der Waals surface area contributed by atoms with Gasteiger partial charge in [0.2, 0.25) is 35.4 Å². The van der Waals surface area contributed by atoms with Gasteiger partial charge in [0.25, 0.3) is 0 Å². The molecule has 6 amide bonds. The lowest BCUT2D eigenvalue weighted by atomic mass is 9.94. The lowest BCUT2D eigenvalue weighted by Crippen LogP contribution is -2.55. The van der Waals surface area contributed by atoms with Gasteiger partial charge in [0.05, 0.1) is 13.2 Å². The molecule has 1 heterocycles. The summed E-state index contributed by atoms with van der Waals surface area (Å²) in [5.41, 5.74) is 0.725. The molecular formula is C45H66N6O11. The fourth-order valence-electron chi connectivity index (χ4n) is 7.23. The van der Waals surface area contributed by atoms with Gasteiger partial charge < -0.3 is 51.5 Å². The smallest absolute Gasteiger partial charge is 0.326 e. The molecular weight excluding hydrogens is 801 g/mol. The van der Waals surface area contributed by atoms with Crippen molar-refractivity contribution in [3.05, 3.63) is 47.5 Å². The number of carbonyl (C=O) groups excluding carboxylic acids is 6. The Kier molecular flexibility index (Phi) is 20.1. The molecule has 8 N–H and O–H groups in total. The van der Waals surface area contributed by atoms with Crippen molar-refractivity contribution in [2.75, 3.05) is 27.2 Å². The molecule has 0 aliphatic carbocycles. The molecule has 17 heteroatoms. The number of unbranched alkanes of at least 4 members (excludes halogenated alkanes) is 7. The lowest BCUT2D eigenvalue weighted by Gasteiger charge is -2.30. The van der Waals surface area contributed by atoms with Crippen molar-refractivity contribution in [3.63, 3.8) is 0 Å². The van der Waals surface area contributed by atoms with Gasteiger partial charge in [-0.1, -0.05) is 83.8 Å². The number of carboxylic acid groups (broad SMARTS) is 1. The first kappa shape index (κ1) is 50.6. The standard InChI is InChI=1S/C45H66N6O11/c1-7-27(2)16-14-12-10-8-9-11-13-15-17-38(55)50(5)35(26-52)43(59)47-28(3)41(57)46-25-39(56)51(6)40-31-19-21-37(54)33(24-31)32-22-30(18-20-36(32)53)23-34(45(61)62)49-42(58)29(4)48-44(40)60/h18-22,24,27-29,34-35,40,52-54H,7-17,23,25-26H2,1-6H3,(H,46,57)(H,47,59)(H,48,60)(H,49,58)(H,61,62)/t27-,28-,29+,34-,35-,40+/m1/s1. The Bertz CT molecular complexity index is 1890. The van der Waals surface area contributed by atoms with Crippen LogP contribution in [0.1, 0.15) is 115 Å². The number of aliphatic hydroxyl groups excluding tert-OH is 1. The van der Waals surface area contributed by atoms with E-state index in [2.05, 4.69) is 35.1 Å². The number of nitrogens with zero attached hydrogens (tertiary/aromatic N) is 2. The van der Waals surface area contributed by atoms with E-state index in [4.69, 9.17) is 0 Å². The number of hydrogen-bond donors (Lipinski definition) is 8. The number of nitrogens with one attached hydrogen (secondary N) is 4. The van der Waals surface area contributed by atoms with Crippen molar-refractivity contribution >= 4 is 41.4 Å². The summed E-state index contributed by atoms with van der Waals surface area (Å²) in [5, 5.41) is 51.3. The molecule has 3 rings (SSSR count). The molecule has 17 nitrogen and oxygen atoms in total. The van der Waals surface area contributed by atoms with Crippen molar-refractivity contribution in [2.24, 2.45) is 5.92 Å². The van der Waals surface area contributed by atoms with E-state index < -0.39 is 78.9 Å². The Balaban J connectivity index is 1.63. The molecule has 0 radical (unpaired) electrons. The number of aromatic hydroxyl groups is 2. The molecule has 1 aliphatic heterocycles. The van der Waals surface area contributed by atoms with Gasteiger partial charge in [-0.2, -0.15) is 0 Å². The Hall–Kier alpha value is -5.71. The fraction of sp³-hybridized carbons (Fsp3) is 0.578. The zero-order valence-corrected chi connectivity index (χ0v) is 36.9. The van der Waals surface area contributed by atoms with E-state index in [1.54, 1.807) is 0 Å². The van der Waals surface area contributed by atoms with Crippen molar-refractivity contribution in [3.8, 4) is 22.6 Å². The maximum absolute atomic E-state index is 13.9. The molecule has 2 aromatic rings. The van der Waals surface area contributed by atoms with Gasteiger partial charge in [-0.25, -0.2) is 4.79 Å². The normalized spacial score (nSPS) is 17.9. The minimum Gasteiger partial charge on any atom is -0.507 e. The van der Waals surface area contributed by atoms with E-state index in [9.17, 15) is 54.0 Å². The van der Waals surface area contributed by atoms with Crippen LogP contribution >= 0.6 is 0 Å². The first-order valence-electron chi connectivity index (χ1n) is 21.6. The van der Waals surface area contributed by atoms with Crippen LogP contribution in [0.3, 0.4) is 0 Å². The van der Waals surface area contributed by atoms with E-state index in [0.717, 1.165) is 41.4 Å². The minimum atomic E-state index is -1.47. The van der Waals surface area contributed by atoms with Gasteiger partial charge in [0.15, 0.2) is 0 Å². The molecule has 1 aliphatic rings. The molecule has 0 saturated heterocycles. The number of benzene rings is 2. The summed E-state index contributed by atoms with van der Waals surface area (Å²) < 4.78 is 0. The van der Waals surface area contributed by atoms with Crippen LogP contribution in [0, 0.1) is 5.92 Å². The largest absolute Gasteiger partial charge is 0.507 e. The van der Waals surface area contributed by atoms with Crippen molar-refractivity contribution in [1.82, 2.24) is 31.1 Å². The number of phenols is 2. The number of likely N-dealkylation sites (N-methyl/N-ethyl adjacent to an activating group) is 2. The Labute approximate surface area is 364 Å². The van der Waals surface area contributed by atoms with Crippen LogP contribution in [-0.4, -0.2) is 123 Å². The highest BCUT2D eigenvalue weighted by Crippen LogP contribution is 2.38. The molecule has 0 unspecified atom stereocenters. The molecule has 0 saturated carbocycles. The SMILES string of the molecule is CC[C@@H](C)CCCCCCCCCCC(=O)N(C)[C@H](CO)C(=O)N[C@H](C)C(=O)NCC(=O)N(C)[C@@H]1C(=O)N[C@@H](C)C(=O)N[C@@H](C(=O)O)Cc2ccc(O)c(c2)-c2cc1ccc2O. The van der Waals surface area contributed by atoms with Gasteiger partial charge in [0, 0.05) is 38.1 Å². The number of aliphatic hydroxyl groups is 1. The van der Waals surface area contributed by atoms with Gasteiger partial charge in [-0.15, -0.1) is 0 Å². The van der Waals surface area contributed by atoms with Crippen LogP contribution in [0.15, 0.2) is 36.4 Å². The maximum atomic E-state index is 13.9. The Morgan fingerprint density at radius 1 is 0.806 bits per heavy atom. The van der Waals surface area contributed by atoms with Gasteiger partial charge in [0.1, 0.15) is 41.7 Å². The Morgan fingerprint density at radius 3 is 2.02 bits per heavy atom. The summed E-state index contributed by atoms with van der Waals surface area (Å²) in [6, 6.07) is 1.63. The number of fused-ring (bicyclic) bond motifs is 5. The first-order valence-corrected chi connectivity index (χ1v) is 21.6. The Morgan fingerprint density at radius 2 is 1.40 bits per heavy atom. The zero-order chi connectivity index (χ0) is 46.1. The third-order valence-corrected chi connectivity index (χ3v) is 11.6. The van der Waals surface area contributed by atoms with Crippen LogP contribution in [-0.2, 0) is 40.0 Å². The summed E-state index contributed by atoms with van der Waals surface area (Å²) >= 11 is 0. The number of carboxylic acids is 1. The van der Waals surface area contributed by atoms with Crippen LogP contribution in [0.25, 0.3) is 11.1 Å². The molecule has 342 valence electrons. The van der Waals surface area contributed by atoms with Crippen molar-refractivity contribution < 1.29 is 54.0 Å². The minimum absolute atomic E-state index is 0.0665. The molecule has 2 aromatic carbocycles. The highest BCUT2D eigenvalue weighted by Gasteiger charge is 2.34. The number of phenolic OH excluding ortho intramolecular Hbond substituents is 2. The number of carbonyl (C=O) groups is 7. The average molecular weight is 867 g/mol. The second kappa shape index (κ2) is 24.7. The van der Waals surface area contributed by atoms with E-state index in [1.165, 1.54) is 96.4 Å². The van der Waals surface area contributed by atoms with Crippen molar-refractivity contribution in [2.45, 2.75) is 135 Å². The first-order chi connectivity index (χ1) is 29.4. The van der Waals surface area contributed by atoms with Crippen LogP contribution in [0.5, 0.6) is 11.5 Å². The molecule has 4 bridgehead atoms. The third kappa shape index (κ3) is 14.7. The quantitative estimate of drug-likeness (QED) is 0.0846. The fourth-order valence-corrected chi connectivity index (χ4v) is 7.23. The topological polar surface area (TPSA) is 255 Å². The molecule has 0 spiro atoms. The van der Waals surface area contributed by atoms with Gasteiger partial charge in [-0.05, 0) is 61.6 Å². The molecule has 62 heavy (non-hydrogen) atoms. The average Bonchev–Trinajstić information content (AvgIpc) is 3.23. The van der Waals surface area contributed by atoms with Crippen LogP contribution < -0.4 is 21.3 Å². The number of aliphatic carboxylic acids is 1. The van der Waals surface area contributed by atoms with E-state index >= 15 is 0 Å². The monoisotopic (exact) mass is 866 g/mol. The molecule has 0 fully saturated rings. The summed E-state index contributed by atoms with van der Waals surface area (Å²) in [4.78, 5) is 93.9.